The molecule has 0 fully saturated rings. The lowest BCUT2D eigenvalue weighted by atomic mass is 10.2. The maximum Gasteiger partial charge on any atom is 0.386 e. The maximum atomic E-state index is 11.5. The van der Waals surface area contributed by atoms with Gasteiger partial charge in [-0.2, -0.15) is 0 Å². The third kappa shape index (κ3) is 8.06. The molecule has 0 aliphatic heterocycles. The second-order valence-corrected chi connectivity index (χ2v) is 4.48. The van der Waals surface area contributed by atoms with Gasteiger partial charge in [0.1, 0.15) is 0 Å². The molecule has 2 aromatic carbocycles. The molecule has 0 saturated carbocycles. The summed E-state index contributed by atoms with van der Waals surface area (Å²) in [4.78, 5) is 51.0. The van der Waals surface area contributed by atoms with Crippen LogP contribution >= 0.6 is 0 Å². The van der Waals surface area contributed by atoms with E-state index >= 15 is 0 Å². The van der Waals surface area contributed by atoms with Crippen LogP contribution in [0.25, 0.3) is 0 Å². The number of carboxylic acids is 2. The first-order valence-electron chi connectivity index (χ1n) is 7.07. The maximum absolute atomic E-state index is 11.5. The van der Waals surface area contributed by atoms with Crippen molar-refractivity contribution in [2.45, 2.75) is 0 Å². The van der Waals surface area contributed by atoms with Crippen LogP contribution in [-0.4, -0.2) is 34.1 Å². The fourth-order valence-electron chi connectivity index (χ4n) is 1.46. The zero-order valence-electron chi connectivity index (χ0n) is 13.3. The summed E-state index contributed by atoms with van der Waals surface area (Å²) in [6, 6.07) is 16.6. The Morgan fingerprint density at radius 1 is 0.615 bits per heavy atom. The summed E-state index contributed by atoms with van der Waals surface area (Å²) >= 11 is 0. The van der Waals surface area contributed by atoms with Crippen LogP contribution in [0.1, 0.15) is 20.7 Å². The van der Waals surface area contributed by atoms with E-state index in [1.807, 2.05) is 0 Å². The Labute approximate surface area is 147 Å². The molecule has 0 heterocycles. The van der Waals surface area contributed by atoms with Crippen molar-refractivity contribution in [1.82, 2.24) is 0 Å². The van der Waals surface area contributed by atoms with Crippen molar-refractivity contribution >= 4 is 23.9 Å². The molecule has 0 aliphatic carbocycles. The van der Waals surface area contributed by atoms with Crippen LogP contribution in [0.5, 0.6) is 0 Å². The Bertz CT molecular complexity index is 714. The van der Waals surface area contributed by atoms with Gasteiger partial charge >= 0.3 is 23.9 Å². The average Bonchev–Trinajstić information content (AvgIpc) is 2.66. The number of rotatable bonds is 4. The Morgan fingerprint density at radius 3 is 1.19 bits per heavy atom. The highest BCUT2D eigenvalue weighted by Gasteiger charge is 2.12. The molecule has 0 radical (unpaired) electrons. The number of hydrogen-bond donors (Lipinski definition) is 2. The fraction of sp³-hybridized carbons (Fsp3) is 0. The summed E-state index contributed by atoms with van der Waals surface area (Å²) in [7, 11) is 0. The zero-order valence-corrected chi connectivity index (χ0v) is 13.3. The van der Waals surface area contributed by atoms with Gasteiger partial charge in [0, 0.05) is 12.2 Å². The first-order chi connectivity index (χ1) is 12.4. The zero-order chi connectivity index (χ0) is 19.4. The van der Waals surface area contributed by atoms with E-state index in [9.17, 15) is 19.2 Å². The standard InChI is InChI=1S/C14H10O4.C4H4O4/c15-13(11-7-3-1-4-8-11)17-18-14(16)12-9-5-2-6-10-12;5-3(6)1-2-4(7)8/h1-10H;1-2H,(H,5,6)(H,7,8). The minimum atomic E-state index is -1.26. The van der Waals surface area contributed by atoms with Crippen molar-refractivity contribution in [3.8, 4) is 0 Å². The predicted molar refractivity (Wildman–Crippen MR) is 88.1 cm³/mol. The molecule has 0 amide bonds. The second kappa shape index (κ2) is 10.8. The molecular formula is C18H14O8. The lowest BCUT2D eigenvalue weighted by Crippen LogP contribution is -2.11. The highest BCUT2D eigenvalue weighted by molar-refractivity contribution is 5.92. The van der Waals surface area contributed by atoms with E-state index in [4.69, 9.17) is 10.2 Å². The largest absolute Gasteiger partial charge is 0.478 e. The van der Waals surface area contributed by atoms with E-state index in [2.05, 4.69) is 9.78 Å². The van der Waals surface area contributed by atoms with Crippen LogP contribution in [0.2, 0.25) is 0 Å². The van der Waals surface area contributed by atoms with Gasteiger partial charge in [-0.05, 0) is 24.3 Å². The molecule has 0 aromatic heterocycles. The normalized spacial score (nSPS) is 9.54. The Morgan fingerprint density at radius 2 is 0.923 bits per heavy atom. The van der Waals surface area contributed by atoms with Crippen LogP contribution in [0.15, 0.2) is 72.8 Å². The average molecular weight is 358 g/mol. The van der Waals surface area contributed by atoms with Crippen molar-refractivity contribution in [1.29, 1.82) is 0 Å². The van der Waals surface area contributed by atoms with Gasteiger partial charge in [0.15, 0.2) is 0 Å². The molecule has 8 heteroatoms. The van der Waals surface area contributed by atoms with E-state index in [1.54, 1.807) is 60.7 Å². The van der Waals surface area contributed by atoms with Gasteiger partial charge in [0.25, 0.3) is 0 Å². The molecule has 0 atom stereocenters. The summed E-state index contributed by atoms with van der Waals surface area (Å²) in [6.07, 6.45) is 1.12. The molecule has 0 aliphatic rings. The molecule has 26 heavy (non-hydrogen) atoms. The van der Waals surface area contributed by atoms with Gasteiger partial charge in [0.05, 0.1) is 11.1 Å². The summed E-state index contributed by atoms with van der Waals surface area (Å²) < 4.78 is 0. The number of hydrogen-bond acceptors (Lipinski definition) is 6. The molecule has 2 rings (SSSR count). The third-order valence-corrected chi connectivity index (χ3v) is 2.58. The number of carbonyl (C=O) groups excluding carboxylic acids is 2. The SMILES string of the molecule is O=C(O)C=CC(=O)O.O=C(OOC(=O)c1ccccc1)c1ccccc1. The van der Waals surface area contributed by atoms with Crippen LogP contribution < -0.4 is 0 Å². The third-order valence-electron chi connectivity index (χ3n) is 2.58. The van der Waals surface area contributed by atoms with Crippen molar-refractivity contribution in [2.75, 3.05) is 0 Å². The smallest absolute Gasteiger partial charge is 0.386 e. The number of carbonyl (C=O) groups is 4. The van der Waals surface area contributed by atoms with Crippen molar-refractivity contribution in [3.63, 3.8) is 0 Å². The van der Waals surface area contributed by atoms with Crippen LogP contribution in [0.4, 0.5) is 0 Å². The van der Waals surface area contributed by atoms with E-state index in [1.165, 1.54) is 0 Å². The lowest BCUT2D eigenvalue weighted by molar-refractivity contribution is -0.187. The van der Waals surface area contributed by atoms with E-state index in [0.717, 1.165) is 0 Å². The highest BCUT2D eigenvalue weighted by Crippen LogP contribution is 2.05. The minimum Gasteiger partial charge on any atom is -0.478 e. The monoisotopic (exact) mass is 358 g/mol. The van der Waals surface area contributed by atoms with Crippen LogP contribution in [0.3, 0.4) is 0 Å². The van der Waals surface area contributed by atoms with Gasteiger partial charge in [-0.15, -0.1) is 0 Å². The van der Waals surface area contributed by atoms with E-state index in [0.29, 0.717) is 23.3 Å². The molecular weight excluding hydrogens is 344 g/mol. The highest BCUT2D eigenvalue weighted by atomic mass is 17.2. The minimum absolute atomic E-state index is 0.318. The summed E-state index contributed by atoms with van der Waals surface area (Å²) in [6.45, 7) is 0. The molecule has 8 nitrogen and oxygen atoms in total. The second-order valence-electron chi connectivity index (χ2n) is 4.48. The number of aliphatic carboxylic acids is 2. The first kappa shape index (κ1) is 20.1. The van der Waals surface area contributed by atoms with Crippen molar-refractivity contribution < 1.29 is 39.2 Å². The summed E-state index contributed by atoms with van der Waals surface area (Å²) in [5.74, 6) is -3.93. The molecule has 0 saturated heterocycles. The number of carboxylic acid groups (broad SMARTS) is 2. The number of benzene rings is 2. The Balaban J connectivity index is 0.000000359. The van der Waals surface area contributed by atoms with Gasteiger partial charge in [-0.25, -0.2) is 29.0 Å². The van der Waals surface area contributed by atoms with E-state index < -0.39 is 23.9 Å². The molecule has 2 aromatic rings. The van der Waals surface area contributed by atoms with Gasteiger partial charge < -0.3 is 10.2 Å². The molecule has 0 spiro atoms. The summed E-state index contributed by atoms with van der Waals surface area (Å²) in [5.41, 5.74) is 0.636. The predicted octanol–water partition coefficient (Wildman–Crippen LogP) is 2.33. The molecule has 0 bridgehead atoms. The molecule has 0 unspecified atom stereocenters. The lowest BCUT2D eigenvalue weighted by Gasteiger charge is -2.02. The Kier molecular flexibility index (Phi) is 8.32. The van der Waals surface area contributed by atoms with Crippen LogP contribution in [-0.2, 0) is 19.4 Å². The summed E-state index contributed by atoms with van der Waals surface area (Å²) in [5, 5.41) is 15.6. The topological polar surface area (TPSA) is 127 Å². The van der Waals surface area contributed by atoms with Gasteiger partial charge in [-0.1, -0.05) is 36.4 Å². The molecule has 2 N–H and O–H groups in total. The van der Waals surface area contributed by atoms with E-state index in [-0.39, 0.29) is 0 Å². The first-order valence-corrected chi connectivity index (χ1v) is 7.07. The fourth-order valence-corrected chi connectivity index (χ4v) is 1.46. The van der Waals surface area contributed by atoms with Gasteiger partial charge in [-0.3, -0.25) is 0 Å². The van der Waals surface area contributed by atoms with Crippen LogP contribution in [0, 0.1) is 0 Å². The molecule has 134 valence electrons. The quantitative estimate of drug-likeness (QED) is 0.484. The van der Waals surface area contributed by atoms with Crippen molar-refractivity contribution in [3.05, 3.63) is 83.9 Å². The van der Waals surface area contributed by atoms with Crippen molar-refractivity contribution in [2.24, 2.45) is 0 Å². The Hall–Kier alpha value is -3.94. The van der Waals surface area contributed by atoms with Gasteiger partial charge in [0.2, 0.25) is 0 Å².